The van der Waals surface area contributed by atoms with Gasteiger partial charge in [-0.05, 0) is 121 Å². The van der Waals surface area contributed by atoms with E-state index in [9.17, 15) is 0 Å². The molecule has 65 heavy (non-hydrogen) atoms. The second-order valence-electron chi connectivity index (χ2n) is 18.5. The van der Waals surface area contributed by atoms with Crippen LogP contribution in [0, 0.1) is 31.9 Å². The molecular formula is C59H51IrN3SSi-2. The Morgan fingerprint density at radius 1 is 0.646 bits per heavy atom. The normalized spacial score (nSPS) is 11.7. The van der Waals surface area contributed by atoms with Gasteiger partial charge in [0.25, 0.3) is 0 Å². The van der Waals surface area contributed by atoms with Gasteiger partial charge in [0.15, 0.2) is 0 Å². The molecular weight excluding hydrogens is 1000 g/mol. The maximum absolute atomic E-state index is 5.44. The third kappa shape index (κ3) is 8.53. The molecule has 0 aliphatic heterocycles. The van der Waals surface area contributed by atoms with Gasteiger partial charge in [-0.15, -0.1) is 54.1 Å². The van der Waals surface area contributed by atoms with Crippen LogP contribution in [0.25, 0.3) is 92.2 Å². The first-order chi connectivity index (χ1) is 31.0. The van der Waals surface area contributed by atoms with Crippen molar-refractivity contribution in [1.29, 1.82) is 0 Å². The molecule has 0 spiro atoms. The fraction of sp³-hybridized carbons (Fsp3) is 0.153. The zero-order valence-corrected chi connectivity index (χ0v) is 42.2. The van der Waals surface area contributed by atoms with Crippen molar-refractivity contribution in [3.05, 3.63) is 193 Å². The van der Waals surface area contributed by atoms with Crippen LogP contribution in [0.5, 0.6) is 0 Å². The molecule has 0 bridgehead atoms. The van der Waals surface area contributed by atoms with Crippen molar-refractivity contribution in [3.8, 4) is 39.5 Å². The fourth-order valence-corrected chi connectivity index (χ4v) is 12.2. The average Bonchev–Trinajstić information content (AvgIpc) is 3.86. The van der Waals surface area contributed by atoms with Crippen LogP contribution in [0.2, 0.25) is 19.6 Å². The van der Waals surface area contributed by atoms with Gasteiger partial charge in [0, 0.05) is 36.7 Å². The molecule has 3 aromatic heterocycles. The molecule has 0 unspecified atom stereocenters. The summed E-state index contributed by atoms with van der Waals surface area (Å²) in [6.07, 6.45) is 3.24. The first kappa shape index (κ1) is 44.2. The van der Waals surface area contributed by atoms with Crippen molar-refractivity contribution in [1.82, 2.24) is 14.5 Å². The molecule has 0 aliphatic carbocycles. The number of pyridine rings is 1. The van der Waals surface area contributed by atoms with E-state index < -0.39 is 8.07 Å². The van der Waals surface area contributed by atoms with Crippen LogP contribution >= 0.6 is 11.3 Å². The summed E-state index contributed by atoms with van der Waals surface area (Å²) in [5.41, 5.74) is 12.8. The summed E-state index contributed by atoms with van der Waals surface area (Å²) in [6.45, 7) is 16.2. The Hall–Kier alpha value is -6.01. The Labute approximate surface area is 401 Å². The van der Waals surface area contributed by atoms with Gasteiger partial charge in [-0.3, -0.25) is 4.98 Å². The van der Waals surface area contributed by atoms with Gasteiger partial charge in [0.1, 0.15) is 0 Å². The van der Waals surface area contributed by atoms with Crippen molar-refractivity contribution in [3.63, 3.8) is 0 Å². The van der Waals surface area contributed by atoms with E-state index >= 15 is 0 Å². The van der Waals surface area contributed by atoms with Crippen LogP contribution in [0.3, 0.4) is 0 Å². The van der Waals surface area contributed by atoms with Crippen molar-refractivity contribution in [2.75, 3.05) is 0 Å². The molecule has 11 aromatic rings. The van der Waals surface area contributed by atoms with Gasteiger partial charge >= 0.3 is 0 Å². The molecule has 0 aliphatic rings. The SMILES string of the molecule is CC(C)Cc1cc(-c2[c-]cccc2)ncc1[Si](C)(C)C.Cc1cc(-c2ccccc2)cc(C)c1-n1c(-c2[c-]ccc3c2sc2ccccc23)nc2cc3c(ccc4ccccc43)cc21.[Ir]. The molecule has 8 aromatic carbocycles. The van der Waals surface area contributed by atoms with Gasteiger partial charge in [-0.2, -0.15) is 11.3 Å². The molecule has 3 nitrogen and oxygen atoms in total. The van der Waals surface area contributed by atoms with Crippen molar-refractivity contribution < 1.29 is 20.1 Å². The number of imidazole rings is 1. The Kier molecular flexibility index (Phi) is 12.3. The molecule has 0 atom stereocenters. The minimum absolute atomic E-state index is 0. The molecule has 323 valence electrons. The number of thiophene rings is 1. The quantitative estimate of drug-likeness (QED) is 0.0905. The van der Waals surface area contributed by atoms with E-state index in [-0.39, 0.29) is 20.1 Å². The van der Waals surface area contributed by atoms with E-state index in [4.69, 9.17) is 4.98 Å². The summed E-state index contributed by atoms with van der Waals surface area (Å²) in [5, 5.41) is 8.95. The molecule has 11 rings (SSSR count). The zero-order chi connectivity index (χ0) is 44.1. The second-order valence-corrected chi connectivity index (χ2v) is 24.6. The van der Waals surface area contributed by atoms with Crippen molar-refractivity contribution in [2.45, 2.75) is 53.8 Å². The van der Waals surface area contributed by atoms with Crippen LogP contribution in [0.4, 0.5) is 0 Å². The maximum Gasteiger partial charge on any atom is 0.0798 e. The molecule has 0 fully saturated rings. The minimum atomic E-state index is -1.34. The largest absolute Gasteiger partial charge is 0.333 e. The van der Waals surface area contributed by atoms with E-state index in [1.807, 2.05) is 29.5 Å². The fourth-order valence-electron chi connectivity index (χ4n) is 9.42. The Morgan fingerprint density at radius 2 is 1.35 bits per heavy atom. The molecule has 0 saturated heterocycles. The van der Waals surface area contributed by atoms with Gasteiger partial charge < -0.3 is 9.55 Å². The number of hydrogen-bond donors (Lipinski definition) is 0. The zero-order valence-electron chi connectivity index (χ0n) is 38.0. The summed E-state index contributed by atoms with van der Waals surface area (Å²) in [5.74, 6) is 1.59. The van der Waals surface area contributed by atoms with E-state index in [0.717, 1.165) is 40.1 Å². The number of fused-ring (bicyclic) bond motifs is 7. The minimum Gasteiger partial charge on any atom is -0.333 e. The standard InChI is InChI=1S/C41H27N2S.C18H24NSi.Ir/c1-25-21-30(27-11-4-3-5-12-27)22-26(2)39(25)43-37-23-29-20-19-28-13-6-7-14-31(28)35(29)24-36(37)42-41(43)34-17-10-16-33-32-15-8-9-18-38(32)44-40(33)34;1-14(2)11-16-12-17(15-9-7-6-8-10-15)19-13-18(16)20(3,4)5;/h3-16,18-24H,1-2H3;6-9,12-14H,11H2,1-5H3;/q2*-1;. The first-order valence-electron chi connectivity index (χ1n) is 22.3. The van der Waals surface area contributed by atoms with Crippen LogP contribution in [0.15, 0.2) is 164 Å². The third-order valence-corrected chi connectivity index (χ3v) is 15.6. The first-order valence-corrected chi connectivity index (χ1v) is 26.6. The van der Waals surface area contributed by atoms with Crippen LogP contribution in [0.1, 0.15) is 30.5 Å². The number of aryl methyl sites for hydroxylation is 2. The summed E-state index contributed by atoms with van der Waals surface area (Å²) in [6, 6.07) is 63.1. The monoisotopic (exact) mass is 1050 g/mol. The second kappa shape index (κ2) is 18.1. The van der Waals surface area contributed by atoms with E-state index in [2.05, 4.69) is 215 Å². The number of hydrogen-bond acceptors (Lipinski definition) is 3. The predicted molar refractivity (Wildman–Crippen MR) is 278 cm³/mol. The molecule has 1 radical (unpaired) electrons. The van der Waals surface area contributed by atoms with Crippen LogP contribution in [-0.2, 0) is 26.5 Å². The molecule has 6 heteroatoms. The summed E-state index contributed by atoms with van der Waals surface area (Å²) in [7, 11) is -1.34. The average molecular weight is 1050 g/mol. The van der Waals surface area contributed by atoms with Crippen LogP contribution < -0.4 is 5.19 Å². The van der Waals surface area contributed by atoms with Crippen molar-refractivity contribution in [2.24, 2.45) is 5.92 Å². The van der Waals surface area contributed by atoms with Gasteiger partial charge in [0.2, 0.25) is 0 Å². The van der Waals surface area contributed by atoms with Gasteiger partial charge in [0.05, 0.1) is 24.9 Å². The topological polar surface area (TPSA) is 30.7 Å². The summed E-state index contributed by atoms with van der Waals surface area (Å²) >= 11 is 1.83. The number of aromatic nitrogens is 3. The van der Waals surface area contributed by atoms with Gasteiger partial charge in [-0.1, -0.05) is 141 Å². The molecule has 0 N–H and O–H groups in total. The van der Waals surface area contributed by atoms with E-state index in [1.165, 1.54) is 80.4 Å². The van der Waals surface area contributed by atoms with E-state index in [1.54, 1.807) is 0 Å². The summed E-state index contributed by atoms with van der Waals surface area (Å²) in [4.78, 5) is 10.1. The Bertz CT molecular complexity index is 3490. The smallest absolute Gasteiger partial charge is 0.0798 e. The third-order valence-electron chi connectivity index (χ3n) is 12.3. The Morgan fingerprint density at radius 3 is 2.09 bits per heavy atom. The number of nitrogens with zero attached hydrogens (tertiary/aromatic N) is 3. The maximum atomic E-state index is 5.44. The molecule has 0 amide bonds. The number of benzene rings is 8. The number of rotatable bonds is 7. The van der Waals surface area contributed by atoms with Gasteiger partial charge in [-0.25, -0.2) is 0 Å². The predicted octanol–water partition coefficient (Wildman–Crippen LogP) is 15.7. The molecule has 3 heterocycles. The molecule has 0 saturated carbocycles. The van der Waals surface area contributed by atoms with Crippen LogP contribution in [-0.4, -0.2) is 22.6 Å². The summed E-state index contributed by atoms with van der Waals surface area (Å²) < 4.78 is 4.89. The Balaban J connectivity index is 0.000000215. The van der Waals surface area contributed by atoms with Crippen molar-refractivity contribution >= 4 is 77.3 Å². The van der Waals surface area contributed by atoms with E-state index in [0.29, 0.717) is 5.92 Å².